The van der Waals surface area contributed by atoms with Crippen LogP contribution in [0.2, 0.25) is 54.4 Å². The van der Waals surface area contributed by atoms with Crippen molar-refractivity contribution in [1.82, 2.24) is 0 Å². The first-order chi connectivity index (χ1) is 23.5. The molecule has 4 nitrogen and oxygen atoms in total. The molecule has 0 saturated heterocycles. The third-order valence-corrected chi connectivity index (χ3v) is 28.5. The van der Waals surface area contributed by atoms with Crippen molar-refractivity contribution < 1.29 is 18.8 Å². The molecule has 4 rings (SSSR count). The van der Waals surface area contributed by atoms with E-state index in [9.17, 15) is 9.59 Å². The Kier molecular flexibility index (Phi) is 13.0. The predicted molar refractivity (Wildman–Crippen MR) is 231 cm³/mol. The van der Waals surface area contributed by atoms with Crippen molar-refractivity contribution in [2.75, 3.05) is 6.61 Å². The van der Waals surface area contributed by atoms with Crippen LogP contribution in [-0.4, -0.2) is 53.4 Å². The Morgan fingerprint density at radius 2 is 1.58 bits per heavy atom. The molecule has 0 aromatic rings. The van der Waals surface area contributed by atoms with Gasteiger partial charge in [0.05, 0.1) is 12.2 Å². The third-order valence-electron chi connectivity index (χ3n) is 17.0. The predicted octanol–water partition coefficient (Wildman–Crippen LogP) is 13.0. The average Bonchev–Trinajstić information content (AvgIpc) is 3.62. The van der Waals surface area contributed by atoms with Gasteiger partial charge in [-0.25, -0.2) is 0 Å². The summed E-state index contributed by atoms with van der Waals surface area (Å²) in [5, 5.41) is 0.0867. The molecule has 0 bridgehead atoms. The Balaban J connectivity index is 1.49. The molecular weight excluding hydrogens is 689 g/mol. The van der Waals surface area contributed by atoms with E-state index in [2.05, 4.69) is 121 Å². The topological polar surface area (TPSA) is 58.9 Å². The van der Waals surface area contributed by atoms with Crippen LogP contribution in [0.1, 0.15) is 140 Å². The highest BCUT2D eigenvalue weighted by atomic mass is 28.4. The Morgan fingerprint density at radius 3 is 2.13 bits per heavy atom. The number of fused-ring (bicyclic) bond motifs is 1. The summed E-state index contributed by atoms with van der Waals surface area (Å²) in [5.41, 5.74) is 5.05. The molecule has 7 heteroatoms. The Hall–Kier alpha value is -0.289. The number of hydrogen-bond donors (Lipinski definition) is 2. The first kappa shape index (κ1) is 44.4. The molecule has 2 N–H and O–H groups in total. The van der Waals surface area contributed by atoms with Gasteiger partial charge >= 0.3 is 0 Å². The fraction of sp³-hybridized carbons (Fsp3) is 0.867. The smallest absolute Gasteiger partial charge is 0.192 e. The Morgan fingerprint density at radius 1 is 0.942 bits per heavy atom. The molecule has 5 unspecified atom stereocenters. The molecule has 0 amide bonds. The molecule has 300 valence electrons. The highest BCUT2D eigenvalue weighted by Gasteiger charge is 2.63. The maximum Gasteiger partial charge on any atom is 0.192 e. The summed E-state index contributed by atoms with van der Waals surface area (Å²) in [7, 11) is -6.59. The minimum absolute atomic E-state index is 0.0423. The molecule has 4 aliphatic rings. The standard InChI is InChI=1S/C45H84O4Si3/c1-18-45(31-40(45)43(9,10)51(14,15)47)26-27-48-33(3)37-23-24-38-35(20-19-25-44(37,38)11)22-21-34-28-36(30-42(7,8)50(12,13)46)32(2)39(29-34)49-52(16,17)41(4,5)6/h21-22,33,36-40,46-47H,2,18-20,23-31H2,1,3-17H3/b34-21+,35-22+/t33-,36+,37?,38?,39-,40?,44?,45?/m1/s1. The number of hydrogen-bond acceptors (Lipinski definition) is 4. The van der Waals surface area contributed by atoms with Crippen molar-refractivity contribution >= 4 is 25.0 Å². The van der Waals surface area contributed by atoms with E-state index in [1.807, 2.05) is 0 Å². The lowest BCUT2D eigenvalue weighted by atomic mass is 9.62. The minimum atomic E-state index is -2.36. The molecule has 0 spiro atoms. The second-order valence-corrected chi connectivity index (χ2v) is 36.1. The first-order valence-electron chi connectivity index (χ1n) is 21.3. The van der Waals surface area contributed by atoms with Crippen molar-refractivity contribution in [2.24, 2.45) is 34.5 Å². The van der Waals surface area contributed by atoms with Gasteiger partial charge in [0.1, 0.15) is 0 Å². The van der Waals surface area contributed by atoms with Crippen LogP contribution in [0.4, 0.5) is 0 Å². The molecule has 0 aromatic heterocycles. The molecule has 4 fully saturated rings. The van der Waals surface area contributed by atoms with Crippen molar-refractivity contribution in [3.63, 3.8) is 0 Å². The molecule has 0 aromatic carbocycles. The summed E-state index contributed by atoms with van der Waals surface area (Å²) in [6.45, 7) is 42.2. The van der Waals surface area contributed by atoms with Gasteiger partial charge in [0.25, 0.3) is 0 Å². The summed E-state index contributed by atoms with van der Waals surface area (Å²) in [5.74, 6) is 2.17. The van der Waals surface area contributed by atoms with Crippen LogP contribution < -0.4 is 0 Å². The van der Waals surface area contributed by atoms with E-state index in [0.29, 0.717) is 34.5 Å². The van der Waals surface area contributed by atoms with E-state index >= 15 is 0 Å². The molecule has 4 saturated carbocycles. The van der Waals surface area contributed by atoms with Gasteiger partial charge in [-0.15, -0.1) is 0 Å². The van der Waals surface area contributed by atoms with E-state index in [1.165, 1.54) is 56.1 Å². The van der Waals surface area contributed by atoms with E-state index in [-0.39, 0.29) is 27.3 Å². The van der Waals surface area contributed by atoms with Gasteiger partial charge in [-0.05, 0) is 166 Å². The summed E-state index contributed by atoms with van der Waals surface area (Å²) in [6.07, 6.45) is 18.2. The maximum absolute atomic E-state index is 11.2. The Bertz CT molecular complexity index is 1300. The van der Waals surface area contributed by atoms with Crippen molar-refractivity contribution in [3.8, 4) is 0 Å². The van der Waals surface area contributed by atoms with Gasteiger partial charge in [-0.1, -0.05) is 98.6 Å². The fourth-order valence-electron chi connectivity index (χ4n) is 10.5. The summed E-state index contributed by atoms with van der Waals surface area (Å²) in [4.78, 5) is 22.3. The van der Waals surface area contributed by atoms with E-state index in [0.717, 1.165) is 32.3 Å². The van der Waals surface area contributed by atoms with Crippen LogP contribution in [0.15, 0.2) is 35.5 Å². The van der Waals surface area contributed by atoms with Gasteiger partial charge in [0.15, 0.2) is 25.0 Å². The zero-order valence-corrected chi connectivity index (χ0v) is 40.0. The highest BCUT2D eigenvalue weighted by molar-refractivity contribution is 6.74. The highest BCUT2D eigenvalue weighted by Crippen LogP contribution is 2.70. The van der Waals surface area contributed by atoms with Crippen LogP contribution >= 0.6 is 0 Å². The lowest BCUT2D eigenvalue weighted by Crippen LogP contribution is -2.46. The molecule has 8 atom stereocenters. The zero-order valence-electron chi connectivity index (χ0n) is 37.0. The average molecular weight is 773 g/mol. The molecule has 0 radical (unpaired) electrons. The van der Waals surface area contributed by atoms with Crippen LogP contribution in [0.3, 0.4) is 0 Å². The van der Waals surface area contributed by atoms with Gasteiger partial charge in [-0.2, -0.15) is 0 Å². The molecule has 4 aliphatic carbocycles. The van der Waals surface area contributed by atoms with Gasteiger partial charge in [0.2, 0.25) is 0 Å². The third kappa shape index (κ3) is 8.96. The second-order valence-electron chi connectivity index (χ2n) is 22.4. The van der Waals surface area contributed by atoms with Crippen LogP contribution in [0.25, 0.3) is 0 Å². The molecule has 0 heterocycles. The van der Waals surface area contributed by atoms with Crippen LogP contribution in [-0.2, 0) is 9.16 Å². The normalized spacial score (nSPS) is 34.6. The van der Waals surface area contributed by atoms with Crippen molar-refractivity contribution in [1.29, 1.82) is 0 Å². The summed E-state index contributed by atoms with van der Waals surface area (Å²) in [6, 6.07) is 0. The SMILES string of the molecule is C=C1[C@H](CC(C)(C)[Si](C)(C)O)C/C(=C\C=C2/CCCC3(C)C2CCC3[C@@H](C)OCCC2(CC)CC2C(C)(C)[Si](C)(C)O)C[C@H]1O[Si](C)(C)C(C)(C)C. The van der Waals surface area contributed by atoms with Crippen LogP contribution in [0.5, 0.6) is 0 Å². The van der Waals surface area contributed by atoms with Crippen molar-refractivity contribution in [2.45, 2.75) is 206 Å². The molecule has 0 aliphatic heterocycles. The Labute approximate surface area is 325 Å². The summed E-state index contributed by atoms with van der Waals surface area (Å²) >= 11 is 0. The zero-order chi connectivity index (χ0) is 39.5. The quantitative estimate of drug-likeness (QED) is 0.136. The number of ether oxygens (including phenoxy) is 1. The molecule has 52 heavy (non-hydrogen) atoms. The summed E-state index contributed by atoms with van der Waals surface area (Å²) < 4.78 is 13.9. The fourth-order valence-corrected chi connectivity index (χ4v) is 13.8. The number of allylic oxidation sites excluding steroid dienone is 3. The number of rotatable bonds is 14. The molecular formula is C45H84O4Si3. The van der Waals surface area contributed by atoms with Gasteiger partial charge in [-0.3, -0.25) is 0 Å². The monoisotopic (exact) mass is 773 g/mol. The van der Waals surface area contributed by atoms with E-state index < -0.39 is 25.0 Å². The second kappa shape index (κ2) is 15.2. The lowest BCUT2D eigenvalue weighted by molar-refractivity contribution is -0.0309. The van der Waals surface area contributed by atoms with Crippen molar-refractivity contribution in [3.05, 3.63) is 35.5 Å². The largest absolute Gasteiger partial charge is 0.432 e. The lowest BCUT2D eigenvalue weighted by Gasteiger charge is -2.45. The van der Waals surface area contributed by atoms with Gasteiger partial charge in [0, 0.05) is 6.61 Å². The van der Waals surface area contributed by atoms with E-state index in [1.54, 1.807) is 5.57 Å². The first-order valence-corrected chi connectivity index (χ1v) is 30.1. The van der Waals surface area contributed by atoms with Gasteiger partial charge < -0.3 is 18.8 Å². The van der Waals surface area contributed by atoms with Crippen LogP contribution in [0, 0.1) is 34.5 Å². The minimum Gasteiger partial charge on any atom is -0.432 e. The maximum atomic E-state index is 11.2. The van der Waals surface area contributed by atoms with E-state index in [4.69, 9.17) is 15.7 Å².